The summed E-state index contributed by atoms with van der Waals surface area (Å²) in [6.45, 7) is 2.29. The van der Waals surface area contributed by atoms with Gasteiger partial charge in [0.1, 0.15) is 5.65 Å². The fourth-order valence-corrected chi connectivity index (χ4v) is 2.23. The summed E-state index contributed by atoms with van der Waals surface area (Å²) in [5.41, 5.74) is 2.03. The standard InChI is InChI=1S/C13H14N2O2/c1-2-17-13(16)11-6-10(11)9-5-8-3-4-14-12(8)15-7-9/h3-5,7,10-11H,2,6H2,1H3,(H,14,15). The molecule has 1 saturated carbocycles. The van der Waals surface area contributed by atoms with Crippen molar-refractivity contribution in [3.05, 3.63) is 30.1 Å². The third-order valence-electron chi connectivity index (χ3n) is 3.23. The summed E-state index contributed by atoms with van der Waals surface area (Å²) < 4.78 is 5.02. The van der Waals surface area contributed by atoms with Crippen LogP contribution in [0, 0.1) is 5.92 Å². The van der Waals surface area contributed by atoms with Crippen molar-refractivity contribution in [3.8, 4) is 0 Å². The van der Waals surface area contributed by atoms with Crippen molar-refractivity contribution in [3.63, 3.8) is 0 Å². The molecule has 4 nitrogen and oxygen atoms in total. The zero-order valence-corrected chi connectivity index (χ0v) is 9.64. The number of fused-ring (bicyclic) bond motifs is 1. The second-order valence-corrected chi connectivity index (χ2v) is 4.38. The Kier molecular flexibility index (Phi) is 2.35. The van der Waals surface area contributed by atoms with Gasteiger partial charge in [0, 0.05) is 17.8 Å². The first-order valence-corrected chi connectivity index (χ1v) is 5.89. The fourth-order valence-electron chi connectivity index (χ4n) is 2.23. The number of carbonyl (C=O) groups excluding carboxylic acids is 1. The van der Waals surface area contributed by atoms with Gasteiger partial charge in [-0.25, -0.2) is 4.98 Å². The van der Waals surface area contributed by atoms with Gasteiger partial charge in [-0.1, -0.05) is 0 Å². The molecule has 2 heterocycles. The average Bonchev–Trinajstić information content (AvgIpc) is 3.00. The van der Waals surface area contributed by atoms with Gasteiger partial charge in [0.15, 0.2) is 0 Å². The molecule has 88 valence electrons. The van der Waals surface area contributed by atoms with Gasteiger partial charge in [-0.05, 0) is 37.0 Å². The van der Waals surface area contributed by atoms with Crippen LogP contribution in [0.5, 0.6) is 0 Å². The van der Waals surface area contributed by atoms with Gasteiger partial charge in [0.25, 0.3) is 0 Å². The van der Waals surface area contributed by atoms with E-state index in [0.717, 1.165) is 23.0 Å². The molecule has 0 aliphatic heterocycles. The van der Waals surface area contributed by atoms with Gasteiger partial charge in [-0.15, -0.1) is 0 Å². The SMILES string of the molecule is CCOC(=O)C1CC1c1cnc2[nH]ccc2c1. The van der Waals surface area contributed by atoms with Crippen LogP contribution in [-0.2, 0) is 9.53 Å². The Morgan fingerprint density at radius 2 is 2.53 bits per heavy atom. The summed E-state index contributed by atoms with van der Waals surface area (Å²) >= 11 is 0. The molecular formula is C13H14N2O2. The van der Waals surface area contributed by atoms with Crippen LogP contribution in [0.25, 0.3) is 11.0 Å². The highest BCUT2D eigenvalue weighted by Gasteiger charge is 2.45. The molecular weight excluding hydrogens is 216 g/mol. The number of rotatable bonds is 3. The lowest BCUT2D eigenvalue weighted by Gasteiger charge is -2.01. The van der Waals surface area contributed by atoms with Crippen LogP contribution in [-0.4, -0.2) is 22.5 Å². The van der Waals surface area contributed by atoms with E-state index in [1.165, 1.54) is 0 Å². The lowest BCUT2D eigenvalue weighted by Crippen LogP contribution is -2.07. The summed E-state index contributed by atoms with van der Waals surface area (Å²) in [4.78, 5) is 18.9. The molecule has 0 spiro atoms. The maximum atomic E-state index is 11.6. The Labute approximate surface area is 99.0 Å². The Morgan fingerprint density at radius 3 is 3.35 bits per heavy atom. The number of ether oxygens (including phenoxy) is 1. The molecule has 1 aliphatic carbocycles. The van der Waals surface area contributed by atoms with Crippen LogP contribution >= 0.6 is 0 Å². The molecule has 0 bridgehead atoms. The normalized spacial score (nSPS) is 22.6. The smallest absolute Gasteiger partial charge is 0.309 e. The van der Waals surface area contributed by atoms with E-state index in [1.807, 2.05) is 25.4 Å². The van der Waals surface area contributed by atoms with Gasteiger partial charge in [-0.3, -0.25) is 4.79 Å². The number of esters is 1. The number of nitrogens with one attached hydrogen (secondary N) is 1. The summed E-state index contributed by atoms with van der Waals surface area (Å²) in [6, 6.07) is 4.09. The van der Waals surface area contributed by atoms with E-state index in [9.17, 15) is 4.79 Å². The summed E-state index contributed by atoms with van der Waals surface area (Å²) in [7, 11) is 0. The Morgan fingerprint density at radius 1 is 1.65 bits per heavy atom. The van der Waals surface area contributed by atoms with Crippen LogP contribution in [0.15, 0.2) is 24.5 Å². The quantitative estimate of drug-likeness (QED) is 0.822. The maximum absolute atomic E-state index is 11.6. The minimum Gasteiger partial charge on any atom is -0.466 e. The van der Waals surface area contributed by atoms with E-state index < -0.39 is 0 Å². The average molecular weight is 230 g/mol. The predicted molar refractivity (Wildman–Crippen MR) is 63.6 cm³/mol. The number of hydrogen-bond donors (Lipinski definition) is 1. The van der Waals surface area contributed by atoms with Gasteiger partial charge in [-0.2, -0.15) is 0 Å². The van der Waals surface area contributed by atoms with Crippen LogP contribution < -0.4 is 0 Å². The van der Waals surface area contributed by atoms with Gasteiger partial charge in [0.2, 0.25) is 0 Å². The van der Waals surface area contributed by atoms with Crippen LogP contribution in [0.3, 0.4) is 0 Å². The highest BCUT2D eigenvalue weighted by atomic mass is 16.5. The molecule has 2 aromatic rings. The number of H-pyrrole nitrogens is 1. The number of pyridine rings is 1. The number of aromatic nitrogens is 2. The maximum Gasteiger partial charge on any atom is 0.309 e. The Bertz CT molecular complexity index is 561. The highest BCUT2D eigenvalue weighted by Crippen LogP contribution is 2.48. The van der Waals surface area contributed by atoms with Crippen molar-refractivity contribution in [2.75, 3.05) is 6.61 Å². The first-order chi connectivity index (χ1) is 8.29. The highest BCUT2D eigenvalue weighted by molar-refractivity contribution is 5.79. The van der Waals surface area contributed by atoms with Gasteiger partial charge in [0.05, 0.1) is 12.5 Å². The first-order valence-electron chi connectivity index (χ1n) is 5.89. The minimum absolute atomic E-state index is 0.0353. The molecule has 4 heteroatoms. The van der Waals surface area contributed by atoms with E-state index >= 15 is 0 Å². The first kappa shape index (κ1) is 10.3. The van der Waals surface area contributed by atoms with E-state index in [1.54, 1.807) is 0 Å². The van der Waals surface area contributed by atoms with Gasteiger partial charge < -0.3 is 9.72 Å². The Hall–Kier alpha value is -1.84. The zero-order valence-electron chi connectivity index (χ0n) is 9.64. The third kappa shape index (κ3) is 1.79. The van der Waals surface area contributed by atoms with Crippen LogP contribution in [0.1, 0.15) is 24.8 Å². The second kappa shape index (κ2) is 3.87. The molecule has 2 aromatic heterocycles. The molecule has 2 atom stereocenters. The van der Waals surface area contributed by atoms with Crippen molar-refractivity contribution in [1.82, 2.24) is 9.97 Å². The third-order valence-corrected chi connectivity index (χ3v) is 3.23. The van der Waals surface area contributed by atoms with E-state index in [-0.39, 0.29) is 11.9 Å². The number of aromatic amines is 1. The molecule has 0 amide bonds. The molecule has 1 fully saturated rings. The second-order valence-electron chi connectivity index (χ2n) is 4.38. The van der Waals surface area contributed by atoms with E-state index in [2.05, 4.69) is 16.0 Å². The molecule has 2 unspecified atom stereocenters. The van der Waals surface area contributed by atoms with Crippen LogP contribution in [0.2, 0.25) is 0 Å². The predicted octanol–water partition coefficient (Wildman–Crippen LogP) is 2.23. The van der Waals surface area contributed by atoms with Crippen molar-refractivity contribution in [1.29, 1.82) is 0 Å². The summed E-state index contributed by atoms with van der Waals surface area (Å²) in [5, 5.41) is 1.09. The zero-order chi connectivity index (χ0) is 11.8. The topological polar surface area (TPSA) is 55.0 Å². The minimum atomic E-state index is -0.0772. The van der Waals surface area contributed by atoms with Crippen molar-refractivity contribution in [2.24, 2.45) is 5.92 Å². The number of hydrogen-bond acceptors (Lipinski definition) is 3. The van der Waals surface area contributed by atoms with Crippen LogP contribution in [0.4, 0.5) is 0 Å². The number of carbonyl (C=O) groups is 1. The van der Waals surface area contributed by atoms with Crippen molar-refractivity contribution in [2.45, 2.75) is 19.3 Å². The largest absolute Gasteiger partial charge is 0.466 e. The lowest BCUT2D eigenvalue weighted by atomic mass is 10.1. The van der Waals surface area contributed by atoms with E-state index in [0.29, 0.717) is 12.5 Å². The van der Waals surface area contributed by atoms with Crippen molar-refractivity contribution < 1.29 is 9.53 Å². The number of nitrogens with zero attached hydrogens (tertiary/aromatic N) is 1. The van der Waals surface area contributed by atoms with Crippen molar-refractivity contribution >= 4 is 17.0 Å². The summed E-state index contributed by atoms with van der Waals surface area (Å²) in [6.07, 6.45) is 4.61. The molecule has 3 rings (SSSR count). The lowest BCUT2D eigenvalue weighted by molar-refractivity contribution is -0.144. The monoisotopic (exact) mass is 230 g/mol. The molecule has 0 saturated heterocycles. The molecule has 1 N–H and O–H groups in total. The molecule has 0 radical (unpaired) electrons. The fraction of sp³-hybridized carbons (Fsp3) is 0.385. The molecule has 0 aromatic carbocycles. The van der Waals surface area contributed by atoms with Gasteiger partial charge >= 0.3 is 5.97 Å². The molecule has 17 heavy (non-hydrogen) atoms. The Balaban J connectivity index is 1.79. The molecule has 1 aliphatic rings. The summed E-state index contributed by atoms with van der Waals surface area (Å²) in [5.74, 6) is 0.251. The van der Waals surface area contributed by atoms with E-state index in [4.69, 9.17) is 4.74 Å².